The molecule has 5 atom stereocenters. The second-order valence-corrected chi connectivity index (χ2v) is 27.6. The highest BCUT2D eigenvalue weighted by Crippen LogP contribution is 2.45. The summed E-state index contributed by atoms with van der Waals surface area (Å²) in [7, 11) is -9.77. The van der Waals surface area contributed by atoms with Gasteiger partial charge in [0.05, 0.1) is 26.4 Å². The lowest BCUT2D eigenvalue weighted by Crippen LogP contribution is -2.30. The largest absolute Gasteiger partial charge is 0.472 e. The molecule has 0 saturated carbocycles. The first-order chi connectivity index (χ1) is 45.2. The monoisotopic (exact) mass is 1350 g/mol. The van der Waals surface area contributed by atoms with E-state index in [-0.39, 0.29) is 19.3 Å². The molecule has 0 amide bonds. The van der Waals surface area contributed by atoms with E-state index < -0.39 is 91.5 Å². The molecule has 0 rings (SSSR count). The van der Waals surface area contributed by atoms with Crippen LogP contribution in [0.1, 0.15) is 316 Å². The van der Waals surface area contributed by atoms with E-state index in [0.717, 1.165) is 128 Å². The summed E-state index contributed by atoms with van der Waals surface area (Å²) in [6, 6.07) is 0. The smallest absolute Gasteiger partial charge is 0.463 e. The lowest BCUT2D eigenvalue weighted by Gasteiger charge is -2.21. The fourth-order valence-corrected chi connectivity index (χ4v) is 11.6. The van der Waals surface area contributed by atoms with Crippen LogP contribution < -0.4 is 0 Å². The van der Waals surface area contributed by atoms with Crippen LogP contribution in [-0.2, 0) is 55.8 Å². The van der Waals surface area contributed by atoms with Crippen LogP contribution in [-0.4, -0.2) is 95.9 Å². The van der Waals surface area contributed by atoms with Crippen LogP contribution in [0.4, 0.5) is 0 Å². The van der Waals surface area contributed by atoms with Gasteiger partial charge in [0, 0.05) is 19.3 Å². The molecule has 0 spiro atoms. The fraction of sp³-hybridized carbons (Fsp3) is 0.773. The Hall–Kier alpha value is -3.27. The van der Waals surface area contributed by atoms with E-state index in [9.17, 15) is 43.5 Å². The van der Waals surface area contributed by atoms with Crippen molar-refractivity contribution >= 4 is 33.6 Å². The number of phosphoric acid groups is 2. The summed E-state index contributed by atoms with van der Waals surface area (Å²) in [5.41, 5.74) is 0. The van der Waals surface area contributed by atoms with E-state index in [2.05, 4.69) is 106 Å². The van der Waals surface area contributed by atoms with Gasteiger partial charge in [-0.2, -0.15) is 0 Å². The summed E-state index contributed by atoms with van der Waals surface area (Å²) in [5.74, 6) is -1.57. The zero-order valence-electron chi connectivity index (χ0n) is 58.7. The van der Waals surface area contributed by atoms with Crippen molar-refractivity contribution in [3.8, 4) is 0 Å². The molecule has 4 N–H and O–H groups in total. The molecule has 16 nitrogen and oxygen atoms in total. The van der Waals surface area contributed by atoms with E-state index in [4.69, 9.17) is 32.3 Å². The van der Waals surface area contributed by atoms with Gasteiger partial charge < -0.3 is 34.2 Å². The molecule has 0 aromatic rings. The number of hydrogen-bond acceptors (Lipinski definition) is 14. The molecule has 0 aliphatic heterocycles. The first kappa shape index (κ1) is 89.7. The Morgan fingerprint density at radius 2 is 0.570 bits per heavy atom. The summed E-state index contributed by atoms with van der Waals surface area (Å²) >= 11 is 0. The summed E-state index contributed by atoms with van der Waals surface area (Å²) < 4.78 is 60.9. The van der Waals surface area contributed by atoms with Crippen LogP contribution in [0.2, 0.25) is 0 Å². The highest BCUT2D eigenvalue weighted by atomic mass is 31.2. The van der Waals surface area contributed by atoms with Gasteiger partial charge >= 0.3 is 33.6 Å². The Morgan fingerprint density at radius 1 is 0.312 bits per heavy atom. The number of allylic oxidation sites excluding steroid dienone is 14. The SMILES string of the molecule is CC/C=C\C/C=C\C/C=C\C/C=C\C/C=C\C/C=C\CCCCCCCCCCCCC(=O)OCC(O)COP(=O)(O)OCC(O)COP(=O)(O)OCC(COC(=O)CCCCCCCCCCCCCCCCC)OC(=O)CCCCCCC/C=C\CCCCCC. The van der Waals surface area contributed by atoms with Gasteiger partial charge in [-0.3, -0.25) is 32.5 Å². The number of carbonyl (C=O) groups excluding carboxylic acids is 3. The number of carbonyl (C=O) groups is 3. The van der Waals surface area contributed by atoms with Gasteiger partial charge in [0.15, 0.2) is 6.10 Å². The number of ether oxygens (including phenoxy) is 3. The minimum absolute atomic E-state index is 0.0986. The summed E-state index contributed by atoms with van der Waals surface area (Å²) in [6.45, 7) is 2.56. The summed E-state index contributed by atoms with van der Waals surface area (Å²) in [6.07, 6.45) is 75.0. The maximum atomic E-state index is 12.9. The number of unbranched alkanes of at least 4 members (excludes halogenated alkanes) is 33. The summed E-state index contributed by atoms with van der Waals surface area (Å²) in [5, 5.41) is 20.6. The van der Waals surface area contributed by atoms with Gasteiger partial charge in [0.1, 0.15) is 25.4 Å². The summed E-state index contributed by atoms with van der Waals surface area (Å²) in [4.78, 5) is 58.4. The molecule has 0 aromatic heterocycles. The van der Waals surface area contributed by atoms with Crippen LogP contribution in [0, 0.1) is 0 Å². The third-order valence-electron chi connectivity index (χ3n) is 15.6. The Kier molecular flexibility index (Phi) is 66.2. The van der Waals surface area contributed by atoms with E-state index in [1.807, 2.05) is 0 Å². The molecule has 0 aliphatic carbocycles. The molecule has 0 fully saturated rings. The molecule has 0 aliphatic rings. The van der Waals surface area contributed by atoms with Gasteiger partial charge in [0.25, 0.3) is 0 Å². The minimum atomic E-state index is -4.92. The van der Waals surface area contributed by atoms with E-state index >= 15 is 0 Å². The number of phosphoric ester groups is 2. The Labute approximate surface area is 565 Å². The molecule has 540 valence electrons. The van der Waals surface area contributed by atoms with Gasteiger partial charge in [0.2, 0.25) is 0 Å². The van der Waals surface area contributed by atoms with Crippen molar-refractivity contribution in [3.05, 3.63) is 85.1 Å². The maximum absolute atomic E-state index is 12.9. The predicted molar refractivity (Wildman–Crippen MR) is 381 cm³/mol. The quantitative estimate of drug-likeness (QED) is 0.0146. The average molecular weight is 1350 g/mol. The second-order valence-electron chi connectivity index (χ2n) is 24.7. The molecular formula is C75H134O16P2. The van der Waals surface area contributed by atoms with E-state index in [0.29, 0.717) is 19.3 Å². The lowest BCUT2D eigenvalue weighted by atomic mass is 10.0. The van der Waals surface area contributed by atoms with Gasteiger partial charge in [-0.05, 0) is 96.3 Å². The van der Waals surface area contributed by atoms with E-state index in [1.54, 1.807) is 0 Å². The number of aliphatic hydroxyl groups is 2. The van der Waals surface area contributed by atoms with Crippen molar-refractivity contribution in [2.24, 2.45) is 0 Å². The van der Waals surface area contributed by atoms with Crippen molar-refractivity contribution < 1.29 is 75.8 Å². The molecule has 0 heterocycles. The van der Waals surface area contributed by atoms with Gasteiger partial charge in [-0.15, -0.1) is 0 Å². The highest BCUT2D eigenvalue weighted by molar-refractivity contribution is 7.47. The number of hydrogen-bond donors (Lipinski definition) is 4. The Balaban J connectivity index is 4.45. The molecule has 93 heavy (non-hydrogen) atoms. The number of rotatable bonds is 70. The molecule has 0 bridgehead atoms. The predicted octanol–water partition coefficient (Wildman–Crippen LogP) is 20.9. The number of esters is 3. The third kappa shape index (κ3) is 69.9. The normalized spacial score (nSPS) is 14.6. The molecule has 18 heteroatoms. The van der Waals surface area contributed by atoms with Crippen molar-refractivity contribution in [2.75, 3.05) is 39.6 Å². The van der Waals surface area contributed by atoms with Gasteiger partial charge in [-0.25, -0.2) is 9.13 Å². The minimum Gasteiger partial charge on any atom is -0.463 e. The van der Waals surface area contributed by atoms with Crippen LogP contribution >= 0.6 is 15.6 Å². The Morgan fingerprint density at radius 3 is 0.925 bits per heavy atom. The van der Waals surface area contributed by atoms with Crippen LogP contribution in [0.15, 0.2) is 85.1 Å². The highest BCUT2D eigenvalue weighted by Gasteiger charge is 2.29. The lowest BCUT2D eigenvalue weighted by molar-refractivity contribution is -0.161. The van der Waals surface area contributed by atoms with E-state index in [1.165, 1.54) is 128 Å². The van der Waals surface area contributed by atoms with Crippen molar-refractivity contribution in [2.45, 2.75) is 334 Å². The van der Waals surface area contributed by atoms with Gasteiger partial charge in [-0.1, -0.05) is 286 Å². The van der Waals surface area contributed by atoms with Crippen molar-refractivity contribution in [1.82, 2.24) is 0 Å². The van der Waals surface area contributed by atoms with Crippen molar-refractivity contribution in [1.29, 1.82) is 0 Å². The second kappa shape index (κ2) is 68.7. The topological polar surface area (TPSA) is 231 Å². The standard InChI is InChI=1S/C75H134O16P2/c1-4-7-10-13-16-19-22-25-27-28-29-30-31-32-33-34-35-36-37-38-39-40-42-45-46-49-52-55-58-61-73(78)85-64-70(76)65-87-92(81,82)88-66-71(77)67-89-93(83,84)90-69-72(91-75(80)63-60-57-54-51-48-43-24-21-18-15-12-9-6-3)68-86-74(79)62-59-56-53-50-47-44-41-26-23-20-17-14-11-8-5-2/h7,10,16,19,21,24-25,27,29-30,32-33,35-36,70-72,76-77H,4-6,8-9,11-15,17-18,20,22-23,26,28,31,34,37-69H2,1-3H3,(H,81,82)(H,83,84)/b10-7-,19-16-,24-21-,27-25-,30-29-,33-32-,36-35-. The van der Waals surface area contributed by atoms with Crippen LogP contribution in [0.25, 0.3) is 0 Å². The zero-order chi connectivity index (χ0) is 68.1. The Bertz CT molecular complexity index is 2040. The average Bonchev–Trinajstić information content (AvgIpc) is 2.91. The molecule has 0 aromatic carbocycles. The number of aliphatic hydroxyl groups excluding tert-OH is 2. The van der Waals surface area contributed by atoms with Crippen LogP contribution in [0.3, 0.4) is 0 Å². The maximum Gasteiger partial charge on any atom is 0.472 e. The first-order valence-corrected chi connectivity index (χ1v) is 39.9. The third-order valence-corrected chi connectivity index (χ3v) is 17.5. The first-order valence-electron chi connectivity index (χ1n) is 36.9. The fourth-order valence-electron chi connectivity index (χ4n) is 9.98. The molecule has 5 unspecified atom stereocenters. The van der Waals surface area contributed by atoms with Crippen LogP contribution in [0.5, 0.6) is 0 Å². The van der Waals surface area contributed by atoms with Crippen molar-refractivity contribution in [3.63, 3.8) is 0 Å². The zero-order valence-corrected chi connectivity index (χ0v) is 60.5. The molecule has 0 saturated heterocycles. The molecule has 0 radical (unpaired) electrons. The molecular weight excluding hydrogens is 1220 g/mol.